The molecule has 1 N–H and O–H groups in total. The number of carbonyl (C=O) groups excluding carboxylic acids is 2. The van der Waals surface area contributed by atoms with E-state index in [0.717, 1.165) is 0 Å². The van der Waals surface area contributed by atoms with Crippen LogP contribution in [-0.4, -0.2) is 11.8 Å². The van der Waals surface area contributed by atoms with Gasteiger partial charge in [0.1, 0.15) is 5.56 Å². The molecule has 2 amide bonds. The molecule has 3 aromatic rings. The number of nitrogens with zero attached hydrogens (tertiary/aromatic N) is 2. The number of imide groups is 1. The number of amides is 2. The normalized spacial score (nSPS) is 11.3. The predicted molar refractivity (Wildman–Crippen MR) is 101 cm³/mol. The minimum Gasteiger partial charge on any atom is -0.436 e. The Morgan fingerprint density at radius 2 is 1.96 bits per heavy atom. The summed E-state index contributed by atoms with van der Waals surface area (Å²) < 4.78 is 5.75. The number of fused-ring (bicyclic) bond motifs is 1. The fourth-order valence-corrected chi connectivity index (χ4v) is 2.95. The number of carbonyl (C=O) groups is 2. The molecule has 0 fully saturated rings. The van der Waals surface area contributed by atoms with E-state index in [9.17, 15) is 9.59 Å². The Bertz CT molecular complexity index is 1190. The van der Waals surface area contributed by atoms with Gasteiger partial charge in [-0.1, -0.05) is 29.3 Å². The number of benzene rings is 2. The quantitative estimate of drug-likeness (QED) is 0.700. The van der Waals surface area contributed by atoms with Crippen LogP contribution in [0.1, 0.15) is 22.8 Å². The van der Waals surface area contributed by atoms with Crippen molar-refractivity contribution in [1.29, 1.82) is 5.26 Å². The summed E-state index contributed by atoms with van der Waals surface area (Å²) in [6.45, 7) is 1.22. The molecule has 0 aliphatic rings. The first-order valence-electron chi connectivity index (χ1n) is 7.67. The van der Waals surface area contributed by atoms with Crippen molar-refractivity contribution >= 4 is 51.7 Å². The molecule has 2 aromatic carbocycles. The SMILES string of the molecule is CC(=O)NC(=O)c1cc2cc(Cl)cc(Cl)c2oc1=Nc1cccc(C#N)c1. The summed E-state index contributed by atoms with van der Waals surface area (Å²) in [6, 6.07) is 13.0. The van der Waals surface area contributed by atoms with E-state index in [-0.39, 0.29) is 21.7 Å². The van der Waals surface area contributed by atoms with E-state index >= 15 is 0 Å². The molecule has 6 nitrogen and oxygen atoms in total. The van der Waals surface area contributed by atoms with Crippen LogP contribution < -0.4 is 10.9 Å². The summed E-state index contributed by atoms with van der Waals surface area (Å²) >= 11 is 12.2. The van der Waals surface area contributed by atoms with Crippen molar-refractivity contribution in [2.45, 2.75) is 6.92 Å². The lowest BCUT2D eigenvalue weighted by Gasteiger charge is -2.06. The molecule has 0 atom stereocenters. The maximum atomic E-state index is 12.4. The number of hydrogen-bond acceptors (Lipinski definition) is 5. The fourth-order valence-electron chi connectivity index (χ4n) is 2.40. The minimum absolute atomic E-state index is 0.0263. The summed E-state index contributed by atoms with van der Waals surface area (Å²) in [5.41, 5.74) is 1.06. The lowest BCUT2D eigenvalue weighted by molar-refractivity contribution is -0.118. The van der Waals surface area contributed by atoms with Gasteiger partial charge < -0.3 is 4.42 Å². The van der Waals surface area contributed by atoms with Crippen molar-refractivity contribution in [2.75, 3.05) is 0 Å². The van der Waals surface area contributed by atoms with Crippen LogP contribution in [0.3, 0.4) is 0 Å². The van der Waals surface area contributed by atoms with Gasteiger partial charge in [-0.15, -0.1) is 0 Å². The third-order valence-electron chi connectivity index (χ3n) is 3.51. The van der Waals surface area contributed by atoms with Gasteiger partial charge in [-0.2, -0.15) is 5.26 Å². The summed E-state index contributed by atoms with van der Waals surface area (Å²) in [7, 11) is 0. The van der Waals surface area contributed by atoms with Crippen LogP contribution >= 0.6 is 23.2 Å². The molecule has 1 aromatic heterocycles. The summed E-state index contributed by atoms with van der Waals surface area (Å²) in [6.07, 6.45) is 0. The van der Waals surface area contributed by atoms with Crippen LogP contribution in [0.2, 0.25) is 10.0 Å². The third kappa shape index (κ3) is 4.17. The molecule has 0 bridgehead atoms. The van der Waals surface area contributed by atoms with Crippen molar-refractivity contribution in [3.63, 3.8) is 0 Å². The zero-order valence-corrected chi connectivity index (χ0v) is 15.4. The van der Waals surface area contributed by atoms with E-state index in [1.54, 1.807) is 24.3 Å². The first kappa shape index (κ1) is 18.6. The average molecular weight is 400 g/mol. The molecule has 0 saturated carbocycles. The number of nitriles is 1. The Kier molecular flexibility index (Phi) is 5.26. The topological polar surface area (TPSA) is 95.5 Å². The number of halogens is 2. The van der Waals surface area contributed by atoms with Crippen LogP contribution in [0.4, 0.5) is 5.69 Å². The first-order chi connectivity index (χ1) is 12.9. The average Bonchev–Trinajstić information content (AvgIpc) is 2.61. The Morgan fingerprint density at radius 1 is 1.19 bits per heavy atom. The number of rotatable bonds is 2. The summed E-state index contributed by atoms with van der Waals surface area (Å²) in [4.78, 5) is 28.0. The third-order valence-corrected chi connectivity index (χ3v) is 4.01. The smallest absolute Gasteiger partial charge is 0.263 e. The van der Waals surface area contributed by atoms with Gasteiger partial charge in [0.05, 0.1) is 22.3 Å². The zero-order valence-electron chi connectivity index (χ0n) is 13.9. The second-order valence-corrected chi connectivity index (χ2v) is 6.40. The van der Waals surface area contributed by atoms with E-state index in [2.05, 4.69) is 10.3 Å². The largest absolute Gasteiger partial charge is 0.436 e. The van der Waals surface area contributed by atoms with Gasteiger partial charge in [0, 0.05) is 17.3 Å². The maximum absolute atomic E-state index is 12.4. The van der Waals surface area contributed by atoms with Gasteiger partial charge in [-0.3, -0.25) is 14.9 Å². The minimum atomic E-state index is -0.681. The van der Waals surface area contributed by atoms with E-state index in [1.807, 2.05) is 6.07 Å². The van der Waals surface area contributed by atoms with Gasteiger partial charge in [-0.05, 0) is 36.4 Å². The molecule has 0 aliphatic heterocycles. The Hall–Kier alpha value is -3.14. The highest BCUT2D eigenvalue weighted by Crippen LogP contribution is 2.27. The van der Waals surface area contributed by atoms with Gasteiger partial charge in [0.2, 0.25) is 11.5 Å². The molecule has 27 heavy (non-hydrogen) atoms. The van der Waals surface area contributed by atoms with Gasteiger partial charge in [-0.25, -0.2) is 4.99 Å². The van der Waals surface area contributed by atoms with Crippen molar-refractivity contribution in [2.24, 2.45) is 4.99 Å². The standard InChI is InChI=1S/C19H11Cl2N3O3/c1-10(25)23-18(26)15-7-12-6-13(20)8-16(21)17(12)27-19(15)24-14-4-2-3-11(5-14)9-22/h2-8H,1H3,(H,23,25,26). The molecular weight excluding hydrogens is 389 g/mol. The van der Waals surface area contributed by atoms with Gasteiger partial charge >= 0.3 is 0 Å². The highest BCUT2D eigenvalue weighted by Gasteiger charge is 2.16. The lowest BCUT2D eigenvalue weighted by Crippen LogP contribution is -2.32. The molecule has 3 rings (SSSR count). The van der Waals surface area contributed by atoms with Gasteiger partial charge in [0.15, 0.2) is 5.58 Å². The second kappa shape index (κ2) is 7.62. The van der Waals surface area contributed by atoms with Crippen LogP contribution in [-0.2, 0) is 4.79 Å². The van der Waals surface area contributed by atoms with E-state index in [0.29, 0.717) is 21.7 Å². The zero-order chi connectivity index (χ0) is 19.6. The second-order valence-electron chi connectivity index (χ2n) is 5.56. The molecule has 8 heteroatoms. The number of nitrogens with one attached hydrogen (secondary N) is 1. The van der Waals surface area contributed by atoms with Crippen LogP contribution in [0.15, 0.2) is 51.9 Å². The Labute approximate surface area is 163 Å². The van der Waals surface area contributed by atoms with Crippen molar-refractivity contribution in [3.8, 4) is 6.07 Å². The summed E-state index contributed by atoms with van der Waals surface area (Å²) in [5.74, 6) is -1.21. The maximum Gasteiger partial charge on any atom is 0.263 e. The van der Waals surface area contributed by atoms with Gasteiger partial charge in [0.25, 0.3) is 5.91 Å². The fraction of sp³-hybridized carbons (Fsp3) is 0.0526. The molecule has 134 valence electrons. The predicted octanol–water partition coefficient (Wildman–Crippen LogP) is 4.12. The Morgan fingerprint density at radius 3 is 2.67 bits per heavy atom. The molecular formula is C19H11Cl2N3O3. The van der Waals surface area contributed by atoms with Crippen molar-refractivity contribution in [3.05, 3.63) is 69.2 Å². The lowest BCUT2D eigenvalue weighted by atomic mass is 10.1. The van der Waals surface area contributed by atoms with Crippen LogP contribution in [0, 0.1) is 11.3 Å². The first-order valence-corrected chi connectivity index (χ1v) is 8.42. The van der Waals surface area contributed by atoms with Crippen molar-refractivity contribution < 1.29 is 14.0 Å². The monoisotopic (exact) mass is 399 g/mol. The molecule has 1 heterocycles. The highest BCUT2D eigenvalue weighted by atomic mass is 35.5. The molecule has 0 saturated heterocycles. The highest BCUT2D eigenvalue weighted by molar-refractivity contribution is 6.38. The van der Waals surface area contributed by atoms with E-state index in [4.69, 9.17) is 32.9 Å². The Balaban J connectivity index is 2.30. The van der Waals surface area contributed by atoms with E-state index in [1.165, 1.54) is 25.1 Å². The molecule has 0 unspecified atom stereocenters. The van der Waals surface area contributed by atoms with E-state index < -0.39 is 11.8 Å². The summed E-state index contributed by atoms with van der Waals surface area (Å²) in [5, 5.41) is 12.3. The number of hydrogen-bond donors (Lipinski definition) is 1. The molecule has 0 aliphatic carbocycles. The van der Waals surface area contributed by atoms with Crippen molar-refractivity contribution in [1.82, 2.24) is 5.32 Å². The molecule has 0 radical (unpaired) electrons. The van der Waals surface area contributed by atoms with Crippen LogP contribution in [0.5, 0.6) is 0 Å². The van der Waals surface area contributed by atoms with Crippen LogP contribution in [0.25, 0.3) is 11.0 Å². The molecule has 0 spiro atoms.